The smallest absolute Gasteiger partial charge is 0.328 e. The van der Waals surface area contributed by atoms with Crippen LogP contribution in [0.15, 0.2) is 11.1 Å². The lowest BCUT2D eigenvalue weighted by Gasteiger charge is -2.12. The lowest BCUT2D eigenvalue weighted by Crippen LogP contribution is -2.29. The summed E-state index contributed by atoms with van der Waals surface area (Å²) in [6.45, 7) is 1.65. The first kappa shape index (κ1) is 12.3. The first-order chi connectivity index (χ1) is 9.13. The van der Waals surface area contributed by atoms with E-state index in [4.69, 9.17) is 0 Å². The minimum absolute atomic E-state index is 0.137. The zero-order valence-corrected chi connectivity index (χ0v) is 11.6. The number of thiophene rings is 1. The molecule has 0 fully saturated rings. The fourth-order valence-electron chi connectivity index (χ4n) is 2.56. The molecule has 100 valence electrons. The highest BCUT2D eigenvalue weighted by atomic mass is 32.1. The maximum Gasteiger partial charge on any atom is 0.328 e. The van der Waals surface area contributed by atoms with Crippen molar-refractivity contribution in [1.29, 1.82) is 0 Å². The minimum atomic E-state index is -0.647. The largest absolute Gasteiger partial charge is 0.467 e. The van der Waals surface area contributed by atoms with Crippen LogP contribution in [0.5, 0.6) is 0 Å². The molecule has 1 aliphatic carbocycles. The zero-order valence-electron chi connectivity index (χ0n) is 10.8. The van der Waals surface area contributed by atoms with E-state index in [1.807, 2.05) is 0 Å². The number of hydrogen-bond donors (Lipinski definition) is 0. The number of aromatic nitrogens is 2. The van der Waals surface area contributed by atoms with E-state index in [0.29, 0.717) is 5.39 Å². The van der Waals surface area contributed by atoms with Crippen LogP contribution in [0.3, 0.4) is 0 Å². The Bertz CT molecular complexity index is 716. The fraction of sp³-hybridized carbons (Fsp3) is 0.462. The maximum absolute atomic E-state index is 12.5. The Balaban J connectivity index is 2.21. The van der Waals surface area contributed by atoms with Crippen LogP contribution in [0.1, 0.15) is 29.8 Å². The van der Waals surface area contributed by atoms with Gasteiger partial charge in [-0.1, -0.05) is 0 Å². The summed E-state index contributed by atoms with van der Waals surface area (Å²) in [6.07, 6.45) is 4.50. The Kier molecular flexibility index (Phi) is 2.89. The normalized spacial score (nSPS) is 15.5. The van der Waals surface area contributed by atoms with Crippen molar-refractivity contribution < 1.29 is 9.53 Å². The van der Waals surface area contributed by atoms with Gasteiger partial charge in [-0.3, -0.25) is 9.36 Å². The van der Waals surface area contributed by atoms with Crippen LogP contribution in [-0.4, -0.2) is 22.6 Å². The molecule has 2 aromatic heterocycles. The van der Waals surface area contributed by atoms with Gasteiger partial charge in [0.05, 0.1) is 18.8 Å². The Morgan fingerprint density at radius 3 is 3.05 bits per heavy atom. The topological polar surface area (TPSA) is 61.2 Å². The summed E-state index contributed by atoms with van der Waals surface area (Å²) < 4.78 is 6.04. The van der Waals surface area contributed by atoms with Gasteiger partial charge in [-0.15, -0.1) is 11.3 Å². The van der Waals surface area contributed by atoms with Gasteiger partial charge in [-0.2, -0.15) is 0 Å². The molecule has 0 saturated heterocycles. The number of carbonyl (C=O) groups is 1. The van der Waals surface area contributed by atoms with E-state index in [9.17, 15) is 9.59 Å². The molecule has 0 amide bonds. The second-order valence-corrected chi connectivity index (χ2v) is 5.78. The number of carbonyl (C=O) groups excluding carboxylic acids is 1. The van der Waals surface area contributed by atoms with E-state index in [2.05, 4.69) is 9.72 Å². The number of esters is 1. The van der Waals surface area contributed by atoms with Gasteiger partial charge in [0.15, 0.2) is 0 Å². The van der Waals surface area contributed by atoms with Crippen molar-refractivity contribution in [2.45, 2.75) is 32.2 Å². The molecular formula is C13H14N2O3S. The first-order valence-electron chi connectivity index (χ1n) is 6.22. The van der Waals surface area contributed by atoms with Crippen LogP contribution in [0.4, 0.5) is 0 Å². The van der Waals surface area contributed by atoms with Crippen molar-refractivity contribution in [3.8, 4) is 0 Å². The van der Waals surface area contributed by atoms with Gasteiger partial charge in [0, 0.05) is 4.88 Å². The summed E-state index contributed by atoms with van der Waals surface area (Å²) in [5.74, 6) is -0.435. The van der Waals surface area contributed by atoms with Crippen molar-refractivity contribution >= 4 is 27.5 Å². The van der Waals surface area contributed by atoms with Gasteiger partial charge in [0.1, 0.15) is 10.9 Å². The van der Waals surface area contributed by atoms with Crippen molar-refractivity contribution in [1.82, 2.24) is 9.55 Å². The first-order valence-corrected chi connectivity index (χ1v) is 7.04. The number of methoxy groups -OCH3 is 1. The Hall–Kier alpha value is -1.69. The van der Waals surface area contributed by atoms with E-state index in [1.54, 1.807) is 18.3 Å². The van der Waals surface area contributed by atoms with Crippen molar-refractivity contribution in [3.05, 3.63) is 27.1 Å². The van der Waals surface area contributed by atoms with Gasteiger partial charge >= 0.3 is 5.97 Å². The number of aryl methyl sites for hydroxylation is 2. The number of ether oxygens (including phenoxy) is 1. The predicted octanol–water partition coefficient (Wildman–Crippen LogP) is 1.68. The van der Waals surface area contributed by atoms with Crippen molar-refractivity contribution in [2.75, 3.05) is 7.11 Å². The van der Waals surface area contributed by atoms with E-state index < -0.39 is 12.0 Å². The van der Waals surface area contributed by atoms with E-state index >= 15 is 0 Å². The van der Waals surface area contributed by atoms with Crippen molar-refractivity contribution in [2.24, 2.45) is 0 Å². The summed E-state index contributed by atoms with van der Waals surface area (Å²) in [6, 6.07) is -0.647. The lowest BCUT2D eigenvalue weighted by molar-refractivity contribution is -0.144. The third kappa shape index (κ3) is 1.78. The third-order valence-electron chi connectivity index (χ3n) is 3.61. The van der Waals surface area contributed by atoms with Crippen LogP contribution in [0, 0.1) is 0 Å². The summed E-state index contributed by atoms with van der Waals surface area (Å²) in [5.41, 5.74) is 0.992. The molecule has 0 spiro atoms. The van der Waals surface area contributed by atoms with Crippen molar-refractivity contribution in [3.63, 3.8) is 0 Å². The molecule has 1 unspecified atom stereocenters. The summed E-state index contributed by atoms with van der Waals surface area (Å²) >= 11 is 1.59. The Morgan fingerprint density at radius 1 is 1.53 bits per heavy atom. The van der Waals surface area contributed by atoms with Crippen LogP contribution in [0.25, 0.3) is 10.2 Å². The predicted molar refractivity (Wildman–Crippen MR) is 72.6 cm³/mol. The highest BCUT2D eigenvalue weighted by molar-refractivity contribution is 7.18. The quantitative estimate of drug-likeness (QED) is 0.784. The molecule has 0 N–H and O–H groups in total. The Morgan fingerprint density at radius 2 is 2.32 bits per heavy atom. The van der Waals surface area contributed by atoms with Crippen LogP contribution in [-0.2, 0) is 22.4 Å². The molecule has 1 aliphatic rings. The molecule has 1 atom stereocenters. The summed E-state index contributed by atoms with van der Waals surface area (Å²) in [5, 5.41) is 0.691. The molecule has 0 radical (unpaired) electrons. The van der Waals surface area contributed by atoms with Gasteiger partial charge in [-0.25, -0.2) is 9.78 Å². The molecule has 6 heteroatoms. The second kappa shape index (κ2) is 4.45. The molecule has 0 saturated carbocycles. The van der Waals surface area contributed by atoms with Gasteiger partial charge in [0.25, 0.3) is 5.56 Å². The number of hydrogen-bond acceptors (Lipinski definition) is 5. The molecule has 3 rings (SSSR count). The number of fused-ring (bicyclic) bond motifs is 3. The fourth-order valence-corrected chi connectivity index (χ4v) is 3.78. The SMILES string of the molecule is COC(=O)C(C)n1cnc2sc3c(c2c1=O)CCC3. The van der Waals surface area contributed by atoms with Gasteiger partial charge < -0.3 is 4.74 Å². The van der Waals surface area contributed by atoms with Crippen LogP contribution in [0.2, 0.25) is 0 Å². The average Bonchev–Trinajstić information content (AvgIpc) is 2.97. The molecule has 0 aromatic carbocycles. The van der Waals surface area contributed by atoms with Crippen LogP contribution < -0.4 is 5.56 Å². The minimum Gasteiger partial charge on any atom is -0.467 e. The molecule has 2 aromatic rings. The standard InChI is InChI=1S/C13H14N2O3S/c1-7(13(17)18-2)15-6-14-11-10(12(15)16)8-4-3-5-9(8)19-11/h6-7H,3-5H2,1-2H3. The molecule has 0 aliphatic heterocycles. The maximum atomic E-state index is 12.5. The molecule has 0 bridgehead atoms. The lowest BCUT2D eigenvalue weighted by atomic mass is 10.2. The summed E-state index contributed by atoms with van der Waals surface area (Å²) in [4.78, 5) is 30.5. The molecule has 19 heavy (non-hydrogen) atoms. The van der Waals surface area contributed by atoms with Gasteiger partial charge in [-0.05, 0) is 31.7 Å². The highest BCUT2D eigenvalue weighted by Crippen LogP contribution is 2.34. The van der Waals surface area contributed by atoms with E-state index in [-0.39, 0.29) is 5.56 Å². The average molecular weight is 278 g/mol. The monoisotopic (exact) mass is 278 g/mol. The summed E-state index contributed by atoms with van der Waals surface area (Å²) in [7, 11) is 1.32. The van der Waals surface area contributed by atoms with Crippen LogP contribution >= 0.6 is 11.3 Å². The van der Waals surface area contributed by atoms with Gasteiger partial charge in [0.2, 0.25) is 0 Å². The van der Waals surface area contributed by atoms with E-state index in [0.717, 1.165) is 29.7 Å². The zero-order chi connectivity index (χ0) is 13.6. The number of nitrogens with zero attached hydrogens (tertiary/aromatic N) is 2. The highest BCUT2D eigenvalue weighted by Gasteiger charge is 2.24. The molecule has 5 nitrogen and oxygen atoms in total. The Labute approximate surface area is 113 Å². The van der Waals surface area contributed by atoms with E-state index in [1.165, 1.54) is 22.9 Å². The molecule has 2 heterocycles. The molecular weight excluding hydrogens is 264 g/mol. The second-order valence-electron chi connectivity index (χ2n) is 4.69. The number of rotatable bonds is 2. The third-order valence-corrected chi connectivity index (χ3v) is 4.81.